The molecule has 10 heteroatoms. The van der Waals surface area contributed by atoms with E-state index in [1.54, 1.807) is 62.4 Å². The lowest BCUT2D eigenvalue weighted by Gasteiger charge is -2.13. The highest BCUT2D eigenvalue weighted by molar-refractivity contribution is 7.92. The van der Waals surface area contributed by atoms with E-state index in [9.17, 15) is 21.9 Å². The number of fused-ring (bicyclic) bond motifs is 1. The first-order valence-electron chi connectivity index (χ1n) is 10.2. The van der Waals surface area contributed by atoms with Gasteiger partial charge < -0.3 is 5.11 Å². The van der Waals surface area contributed by atoms with Gasteiger partial charge in [0.1, 0.15) is 10.6 Å². The van der Waals surface area contributed by atoms with Gasteiger partial charge in [0.05, 0.1) is 16.3 Å². The summed E-state index contributed by atoms with van der Waals surface area (Å²) in [5, 5.41) is 11.1. The molecular formula is C24H22N2O6S2. The number of nitrogens with one attached hydrogen (secondary N) is 2. The van der Waals surface area contributed by atoms with Gasteiger partial charge in [0.25, 0.3) is 10.0 Å². The van der Waals surface area contributed by atoms with Gasteiger partial charge in [0, 0.05) is 0 Å². The van der Waals surface area contributed by atoms with E-state index < -0.39 is 30.8 Å². The van der Waals surface area contributed by atoms with Gasteiger partial charge >= 0.3 is 10.1 Å². The zero-order valence-electron chi connectivity index (χ0n) is 18.3. The normalized spacial score (nSPS) is 11.9. The van der Waals surface area contributed by atoms with Crippen molar-refractivity contribution in [1.82, 2.24) is 0 Å². The SMILES string of the molecule is Cc1ccccc1NOS(=O)(=O)c1cc2cc(S(=O)(=O)Nc3ccccc3C)ccc2cc1O. The fourth-order valence-electron chi connectivity index (χ4n) is 3.33. The summed E-state index contributed by atoms with van der Waals surface area (Å²) in [4.78, 5) is -0.557. The van der Waals surface area contributed by atoms with Crippen LogP contribution in [0.25, 0.3) is 10.8 Å². The lowest BCUT2D eigenvalue weighted by atomic mass is 10.1. The largest absolute Gasteiger partial charge is 0.506 e. The zero-order valence-corrected chi connectivity index (χ0v) is 19.9. The van der Waals surface area contributed by atoms with Crippen LogP contribution in [-0.4, -0.2) is 21.9 Å². The third kappa shape index (κ3) is 4.84. The van der Waals surface area contributed by atoms with Gasteiger partial charge in [0.2, 0.25) is 0 Å². The topological polar surface area (TPSA) is 122 Å². The van der Waals surface area contributed by atoms with Gasteiger partial charge in [-0.1, -0.05) is 42.5 Å². The minimum atomic E-state index is -4.43. The Kier molecular flexibility index (Phi) is 6.22. The first kappa shape index (κ1) is 23.6. The second kappa shape index (κ2) is 8.98. The lowest BCUT2D eigenvalue weighted by Crippen LogP contribution is -2.14. The van der Waals surface area contributed by atoms with Gasteiger partial charge in [0.15, 0.2) is 0 Å². The van der Waals surface area contributed by atoms with Crippen molar-refractivity contribution in [1.29, 1.82) is 0 Å². The molecule has 0 saturated heterocycles. The smallest absolute Gasteiger partial charge is 0.321 e. The maximum atomic E-state index is 12.9. The van der Waals surface area contributed by atoms with E-state index >= 15 is 0 Å². The molecule has 0 fully saturated rings. The molecule has 34 heavy (non-hydrogen) atoms. The molecule has 8 nitrogen and oxygen atoms in total. The number of phenolic OH excluding ortho intramolecular Hbond substituents is 1. The van der Waals surface area contributed by atoms with Crippen molar-refractivity contribution >= 4 is 42.3 Å². The quantitative estimate of drug-likeness (QED) is 0.316. The van der Waals surface area contributed by atoms with Gasteiger partial charge in [-0.3, -0.25) is 4.72 Å². The van der Waals surface area contributed by atoms with Crippen LogP contribution in [0.4, 0.5) is 11.4 Å². The summed E-state index contributed by atoms with van der Waals surface area (Å²) < 4.78 is 58.9. The lowest BCUT2D eigenvalue weighted by molar-refractivity contribution is 0.383. The first-order chi connectivity index (χ1) is 16.1. The van der Waals surface area contributed by atoms with Crippen LogP contribution in [0.5, 0.6) is 5.75 Å². The Balaban J connectivity index is 1.68. The summed E-state index contributed by atoms with van der Waals surface area (Å²) in [5.74, 6) is -0.521. The summed E-state index contributed by atoms with van der Waals surface area (Å²) in [6.07, 6.45) is 0. The van der Waals surface area contributed by atoms with E-state index in [4.69, 9.17) is 4.28 Å². The van der Waals surface area contributed by atoms with Crippen molar-refractivity contribution in [2.24, 2.45) is 0 Å². The van der Waals surface area contributed by atoms with Gasteiger partial charge in [-0.2, -0.15) is 8.42 Å². The van der Waals surface area contributed by atoms with Crippen LogP contribution >= 0.6 is 0 Å². The second-order valence-corrected chi connectivity index (χ2v) is 10.9. The van der Waals surface area contributed by atoms with Crippen LogP contribution < -0.4 is 10.2 Å². The number of benzene rings is 4. The highest BCUT2D eigenvalue weighted by Gasteiger charge is 2.23. The van der Waals surface area contributed by atoms with Crippen molar-refractivity contribution in [3.63, 3.8) is 0 Å². The molecule has 3 N–H and O–H groups in total. The van der Waals surface area contributed by atoms with Gasteiger partial charge in [-0.25, -0.2) is 13.9 Å². The molecule has 4 rings (SSSR count). The van der Waals surface area contributed by atoms with Gasteiger partial charge in [-0.15, -0.1) is 4.28 Å². The van der Waals surface area contributed by atoms with E-state index in [2.05, 4.69) is 10.2 Å². The predicted octanol–water partition coefficient (Wildman–Crippen LogP) is 4.70. The van der Waals surface area contributed by atoms with E-state index in [0.717, 1.165) is 11.1 Å². The predicted molar refractivity (Wildman–Crippen MR) is 131 cm³/mol. The number of rotatable bonds is 7. The third-order valence-electron chi connectivity index (χ3n) is 5.26. The van der Waals surface area contributed by atoms with Crippen LogP contribution in [0, 0.1) is 13.8 Å². The summed E-state index contributed by atoms with van der Waals surface area (Å²) in [6, 6.07) is 20.5. The van der Waals surface area contributed by atoms with E-state index in [0.29, 0.717) is 22.1 Å². The Hall–Kier alpha value is -3.60. The number of anilines is 2. The molecule has 0 aliphatic heterocycles. The summed E-state index contributed by atoms with van der Waals surface area (Å²) >= 11 is 0. The first-order valence-corrected chi connectivity index (χ1v) is 13.1. The van der Waals surface area contributed by atoms with Crippen LogP contribution in [0.2, 0.25) is 0 Å². The highest BCUT2D eigenvalue weighted by atomic mass is 32.2. The molecule has 0 heterocycles. The number of aryl methyl sites for hydroxylation is 2. The number of aromatic hydroxyl groups is 1. The average Bonchev–Trinajstić information content (AvgIpc) is 2.79. The highest BCUT2D eigenvalue weighted by Crippen LogP contribution is 2.32. The molecular weight excluding hydrogens is 476 g/mol. The Labute approximate surface area is 198 Å². The monoisotopic (exact) mass is 498 g/mol. The summed E-state index contributed by atoms with van der Waals surface area (Å²) in [5.41, 5.74) is 4.79. The Morgan fingerprint density at radius 3 is 2.00 bits per heavy atom. The number of phenols is 1. The van der Waals surface area contributed by atoms with Crippen LogP contribution in [0.15, 0.2) is 88.7 Å². The molecule has 0 saturated carbocycles. The van der Waals surface area contributed by atoms with Crippen molar-refractivity contribution in [2.45, 2.75) is 23.6 Å². The van der Waals surface area contributed by atoms with Gasteiger partial charge in [-0.05, 0) is 72.1 Å². The number of hydrogen-bond acceptors (Lipinski definition) is 7. The summed E-state index contributed by atoms with van der Waals surface area (Å²) in [7, 11) is -8.37. The number of para-hydroxylation sites is 2. The molecule has 0 amide bonds. The third-order valence-corrected chi connectivity index (χ3v) is 7.80. The fraction of sp³-hybridized carbons (Fsp3) is 0.0833. The van der Waals surface area contributed by atoms with Crippen LogP contribution in [-0.2, 0) is 24.4 Å². The minimum absolute atomic E-state index is 0.0590. The number of sulfonamides is 1. The molecule has 0 bridgehead atoms. The van der Waals surface area contributed by atoms with E-state index in [1.807, 2.05) is 0 Å². The summed E-state index contributed by atoms with van der Waals surface area (Å²) in [6.45, 7) is 3.56. The molecule has 0 aliphatic carbocycles. The van der Waals surface area contributed by atoms with E-state index in [1.165, 1.54) is 30.3 Å². The fourth-order valence-corrected chi connectivity index (χ4v) is 5.37. The van der Waals surface area contributed by atoms with Crippen molar-refractivity contribution < 1.29 is 26.2 Å². The van der Waals surface area contributed by atoms with Crippen molar-refractivity contribution in [2.75, 3.05) is 10.2 Å². The Morgan fingerprint density at radius 2 is 1.35 bits per heavy atom. The molecule has 0 unspecified atom stereocenters. The van der Waals surface area contributed by atoms with E-state index in [-0.39, 0.29) is 4.90 Å². The van der Waals surface area contributed by atoms with Crippen LogP contribution in [0.3, 0.4) is 0 Å². The molecule has 0 spiro atoms. The molecule has 0 atom stereocenters. The maximum absolute atomic E-state index is 12.9. The van der Waals surface area contributed by atoms with Crippen molar-refractivity contribution in [3.05, 3.63) is 90.0 Å². The Morgan fingerprint density at radius 1 is 0.735 bits per heavy atom. The average molecular weight is 499 g/mol. The molecule has 0 radical (unpaired) electrons. The van der Waals surface area contributed by atoms with Crippen molar-refractivity contribution in [3.8, 4) is 5.75 Å². The molecule has 0 aromatic heterocycles. The molecule has 176 valence electrons. The zero-order chi connectivity index (χ0) is 24.5. The Bertz CT molecular complexity index is 1600. The maximum Gasteiger partial charge on any atom is 0.321 e. The molecule has 0 aliphatic rings. The standard InChI is InChI=1S/C24H22N2O6S2/c1-16-7-3-5-9-21(16)25-32-34(30,31)24-15-19-13-20(12-11-18(19)14-23(24)27)33(28,29)26-22-10-6-4-8-17(22)2/h3-15,25-27H,1-2H3. The molecule has 4 aromatic carbocycles. The van der Waals surface area contributed by atoms with Crippen LogP contribution in [0.1, 0.15) is 11.1 Å². The number of hydrogen-bond donors (Lipinski definition) is 3. The molecule has 4 aromatic rings. The minimum Gasteiger partial charge on any atom is -0.506 e. The second-order valence-electron chi connectivity index (χ2n) is 7.70.